The molecule has 178 valence electrons. The summed E-state index contributed by atoms with van der Waals surface area (Å²) in [5.41, 5.74) is 1.70. The maximum Gasteiger partial charge on any atom is 0.335 e. The van der Waals surface area contributed by atoms with E-state index in [-0.39, 0.29) is 28.4 Å². The molecule has 3 N–H and O–H groups in total. The molecular formula is C27H31N2O5+. The maximum atomic E-state index is 13.6. The molecule has 34 heavy (non-hydrogen) atoms. The normalized spacial score (nSPS) is 20.9. The molecule has 0 amide bonds. The SMILES string of the molecule is CCN(CC)c1ccc(C2=C(O)C(C)(C3=[N+](C)c4ccc(C(=O)O)cc4C3(C)C)C2=O)c(O)c1. The molecule has 0 spiro atoms. The lowest BCUT2D eigenvalue weighted by Crippen LogP contribution is -2.54. The van der Waals surface area contributed by atoms with E-state index >= 15 is 0 Å². The minimum atomic E-state index is -1.29. The van der Waals surface area contributed by atoms with E-state index in [1.54, 1.807) is 31.2 Å². The lowest BCUT2D eigenvalue weighted by atomic mass is 9.58. The van der Waals surface area contributed by atoms with Crippen LogP contribution in [0.3, 0.4) is 0 Å². The van der Waals surface area contributed by atoms with Gasteiger partial charge in [-0.2, -0.15) is 0 Å². The quantitative estimate of drug-likeness (QED) is 0.546. The van der Waals surface area contributed by atoms with Crippen LogP contribution < -0.4 is 4.90 Å². The van der Waals surface area contributed by atoms with Gasteiger partial charge in [-0.15, -0.1) is 0 Å². The number of carboxylic acid groups (broad SMARTS) is 1. The number of hydrogen-bond donors (Lipinski definition) is 3. The molecule has 2 aromatic carbocycles. The highest BCUT2D eigenvalue weighted by Gasteiger charge is 2.65. The second kappa shape index (κ2) is 7.72. The van der Waals surface area contributed by atoms with Crippen molar-refractivity contribution in [3.63, 3.8) is 0 Å². The number of Topliss-reactive ketones (excluding diaryl/α,β-unsaturated/α-hetero) is 1. The molecule has 0 saturated heterocycles. The minimum Gasteiger partial charge on any atom is -0.510 e. The number of rotatable bonds is 6. The number of carboxylic acids is 1. The summed E-state index contributed by atoms with van der Waals surface area (Å²) in [5, 5.41) is 31.4. The molecule has 1 aliphatic carbocycles. The molecule has 0 saturated carbocycles. The Morgan fingerprint density at radius 1 is 1.03 bits per heavy atom. The lowest BCUT2D eigenvalue weighted by Gasteiger charge is -2.39. The summed E-state index contributed by atoms with van der Waals surface area (Å²) < 4.78 is 1.87. The zero-order valence-electron chi connectivity index (χ0n) is 20.4. The zero-order chi connectivity index (χ0) is 25.2. The summed E-state index contributed by atoms with van der Waals surface area (Å²) in [5.74, 6) is -1.45. The summed E-state index contributed by atoms with van der Waals surface area (Å²) in [6.45, 7) is 11.2. The van der Waals surface area contributed by atoms with Gasteiger partial charge in [0.2, 0.25) is 5.69 Å². The van der Waals surface area contributed by atoms with Gasteiger partial charge in [-0.3, -0.25) is 4.79 Å². The van der Waals surface area contributed by atoms with Crippen molar-refractivity contribution in [3.8, 4) is 5.75 Å². The van der Waals surface area contributed by atoms with E-state index in [1.165, 1.54) is 6.07 Å². The molecule has 0 radical (unpaired) electrons. The van der Waals surface area contributed by atoms with E-state index in [0.717, 1.165) is 30.0 Å². The van der Waals surface area contributed by atoms with Gasteiger partial charge in [-0.1, -0.05) is 0 Å². The number of hydrogen-bond acceptors (Lipinski definition) is 5. The molecule has 2 aliphatic rings. The number of allylic oxidation sites excluding steroid dienone is 2. The van der Waals surface area contributed by atoms with Crippen LogP contribution in [0.15, 0.2) is 42.2 Å². The third kappa shape index (κ3) is 2.99. The van der Waals surface area contributed by atoms with E-state index in [9.17, 15) is 24.9 Å². The van der Waals surface area contributed by atoms with Gasteiger partial charge in [0, 0.05) is 42.0 Å². The number of ketones is 1. The average molecular weight is 464 g/mol. The number of fused-ring (bicyclic) bond motifs is 1. The fraction of sp³-hybridized carbons (Fsp3) is 0.370. The van der Waals surface area contributed by atoms with Gasteiger partial charge in [0.25, 0.3) is 0 Å². The number of carbonyl (C=O) groups excluding carboxylic acids is 1. The van der Waals surface area contributed by atoms with Crippen LogP contribution >= 0.6 is 0 Å². The second-order valence-electron chi connectivity index (χ2n) is 9.62. The molecule has 7 heteroatoms. The van der Waals surface area contributed by atoms with E-state index < -0.39 is 16.8 Å². The van der Waals surface area contributed by atoms with Crippen LogP contribution in [-0.2, 0) is 10.2 Å². The van der Waals surface area contributed by atoms with Crippen molar-refractivity contribution in [1.29, 1.82) is 0 Å². The highest BCUT2D eigenvalue weighted by molar-refractivity contribution is 6.40. The topological polar surface area (TPSA) is 101 Å². The van der Waals surface area contributed by atoms with Gasteiger partial charge in [0.05, 0.1) is 16.6 Å². The Bertz CT molecular complexity index is 1300. The fourth-order valence-electron chi connectivity index (χ4n) is 5.73. The first-order valence-electron chi connectivity index (χ1n) is 11.5. The van der Waals surface area contributed by atoms with Crippen molar-refractivity contribution < 1.29 is 29.5 Å². The number of aromatic carboxylic acids is 1. The molecule has 2 aromatic rings. The van der Waals surface area contributed by atoms with Crippen molar-refractivity contribution >= 4 is 34.4 Å². The summed E-state index contributed by atoms with van der Waals surface area (Å²) in [7, 11) is 1.82. The summed E-state index contributed by atoms with van der Waals surface area (Å²) in [6, 6.07) is 10.0. The van der Waals surface area contributed by atoms with Gasteiger partial charge >= 0.3 is 5.97 Å². The first-order chi connectivity index (χ1) is 15.9. The Balaban J connectivity index is 1.81. The van der Waals surface area contributed by atoms with Gasteiger partial charge in [-0.05, 0) is 58.9 Å². The predicted octanol–water partition coefficient (Wildman–Crippen LogP) is 4.50. The molecule has 1 atom stereocenters. The summed E-state index contributed by atoms with van der Waals surface area (Å²) in [4.78, 5) is 27.3. The third-order valence-electron chi connectivity index (χ3n) is 7.45. The fourth-order valence-corrected chi connectivity index (χ4v) is 5.73. The number of phenols is 1. The number of anilines is 1. The van der Waals surface area contributed by atoms with Crippen molar-refractivity contribution in [2.24, 2.45) is 5.41 Å². The Hall–Kier alpha value is -3.61. The van der Waals surface area contributed by atoms with Gasteiger partial charge < -0.3 is 20.2 Å². The van der Waals surface area contributed by atoms with E-state index in [1.807, 2.05) is 45.4 Å². The number of carbonyl (C=O) groups is 2. The largest absolute Gasteiger partial charge is 0.510 e. The minimum absolute atomic E-state index is 0.0558. The smallest absolute Gasteiger partial charge is 0.335 e. The van der Waals surface area contributed by atoms with Crippen molar-refractivity contribution in [2.75, 3.05) is 25.0 Å². The summed E-state index contributed by atoms with van der Waals surface area (Å²) in [6.07, 6.45) is 0. The van der Waals surface area contributed by atoms with Crippen LogP contribution in [0.25, 0.3) is 5.57 Å². The van der Waals surface area contributed by atoms with Crippen molar-refractivity contribution in [2.45, 2.75) is 40.0 Å². The van der Waals surface area contributed by atoms with Crippen molar-refractivity contribution in [1.82, 2.24) is 0 Å². The van der Waals surface area contributed by atoms with Crippen LogP contribution in [0.2, 0.25) is 0 Å². The van der Waals surface area contributed by atoms with Gasteiger partial charge in [0.15, 0.2) is 16.9 Å². The molecule has 1 heterocycles. The highest BCUT2D eigenvalue weighted by Crippen LogP contribution is 2.55. The molecule has 1 unspecified atom stereocenters. The van der Waals surface area contributed by atoms with Gasteiger partial charge in [-0.25, -0.2) is 9.37 Å². The van der Waals surface area contributed by atoms with Crippen LogP contribution in [0, 0.1) is 5.41 Å². The monoisotopic (exact) mass is 463 g/mol. The Morgan fingerprint density at radius 3 is 2.21 bits per heavy atom. The first kappa shape index (κ1) is 23.5. The Labute approximate surface area is 199 Å². The molecule has 1 aliphatic heterocycles. The molecule has 0 bridgehead atoms. The first-order valence-corrected chi connectivity index (χ1v) is 11.5. The predicted molar refractivity (Wildman–Crippen MR) is 132 cm³/mol. The van der Waals surface area contributed by atoms with Crippen LogP contribution in [0.5, 0.6) is 5.75 Å². The van der Waals surface area contributed by atoms with E-state index in [2.05, 4.69) is 4.90 Å². The zero-order valence-corrected chi connectivity index (χ0v) is 20.4. The van der Waals surface area contributed by atoms with Crippen molar-refractivity contribution in [3.05, 3.63) is 58.8 Å². The number of benzene rings is 2. The average Bonchev–Trinajstić information content (AvgIpc) is 3.00. The molecular weight excluding hydrogens is 432 g/mol. The molecule has 7 nitrogen and oxygen atoms in total. The van der Waals surface area contributed by atoms with Crippen LogP contribution in [-0.4, -0.2) is 57.5 Å². The van der Waals surface area contributed by atoms with Crippen LogP contribution in [0.1, 0.15) is 56.1 Å². The highest BCUT2D eigenvalue weighted by atomic mass is 16.4. The number of aromatic hydroxyl groups is 1. The molecule has 0 aromatic heterocycles. The van der Waals surface area contributed by atoms with E-state index in [4.69, 9.17) is 0 Å². The Morgan fingerprint density at radius 2 is 1.68 bits per heavy atom. The molecule has 0 fully saturated rings. The Kier molecular flexibility index (Phi) is 5.35. The van der Waals surface area contributed by atoms with Crippen LogP contribution in [0.4, 0.5) is 11.4 Å². The standard InChI is InChI=1S/C27H30N2O5/c1-7-29(8-2)16-10-11-17(20(30)14-16)21-22(31)27(5,23(21)32)25-26(3,4)18-13-15(24(33)34)9-12-19(18)28(25)6/h9-14H,7-8H2,1-6H3,(H2-,30,31,32,33,34)/p+1. The van der Waals surface area contributed by atoms with E-state index in [0.29, 0.717) is 11.3 Å². The number of phenolic OH excluding ortho intramolecular Hbond substituents is 1. The number of aliphatic hydroxyl groups is 1. The third-order valence-corrected chi connectivity index (χ3v) is 7.45. The summed E-state index contributed by atoms with van der Waals surface area (Å²) >= 11 is 0. The molecule has 4 rings (SSSR count). The maximum absolute atomic E-state index is 13.6. The number of nitrogens with zero attached hydrogens (tertiary/aromatic N) is 2. The number of aliphatic hydroxyl groups excluding tert-OH is 1. The van der Waals surface area contributed by atoms with Gasteiger partial charge in [0.1, 0.15) is 18.6 Å². The lowest BCUT2D eigenvalue weighted by molar-refractivity contribution is -0.406. The second-order valence-corrected chi connectivity index (χ2v) is 9.62.